The van der Waals surface area contributed by atoms with Crippen molar-refractivity contribution in [1.29, 1.82) is 0 Å². The van der Waals surface area contributed by atoms with Crippen LogP contribution in [0, 0.1) is 6.92 Å². The molecule has 2 aliphatic heterocycles. The molecule has 1 aromatic heterocycles. The summed E-state index contributed by atoms with van der Waals surface area (Å²) in [6.45, 7) is 1.85. The molecule has 3 rings (SSSR count). The van der Waals surface area contributed by atoms with E-state index in [1.807, 2.05) is 18.9 Å². The van der Waals surface area contributed by atoms with Crippen molar-refractivity contribution in [3.63, 3.8) is 0 Å². The lowest BCUT2D eigenvalue weighted by Gasteiger charge is -2.35. The molecule has 2 bridgehead atoms. The molecule has 2 aliphatic rings. The van der Waals surface area contributed by atoms with E-state index in [2.05, 4.69) is 10.5 Å². The summed E-state index contributed by atoms with van der Waals surface area (Å²) < 4.78 is 5.05. The summed E-state index contributed by atoms with van der Waals surface area (Å²) >= 11 is 0. The van der Waals surface area contributed by atoms with E-state index >= 15 is 0 Å². The molecule has 2 fully saturated rings. The van der Waals surface area contributed by atoms with Crippen molar-refractivity contribution in [1.82, 2.24) is 15.4 Å². The van der Waals surface area contributed by atoms with Gasteiger partial charge in [-0.25, -0.2) is 0 Å². The largest absolute Gasteiger partial charge is 0.351 e. The van der Waals surface area contributed by atoms with E-state index in [4.69, 9.17) is 4.52 Å². The van der Waals surface area contributed by atoms with Crippen LogP contribution < -0.4 is 5.32 Å². The summed E-state index contributed by atoms with van der Waals surface area (Å²) in [5, 5.41) is 7.26. The molecule has 0 radical (unpaired) electrons. The Kier molecular flexibility index (Phi) is 2.86. The lowest BCUT2D eigenvalue weighted by molar-refractivity contribution is 0.0639. The van der Waals surface area contributed by atoms with Gasteiger partial charge in [0.2, 0.25) is 5.76 Å². The number of aromatic nitrogens is 1. The average molecular weight is 249 g/mol. The van der Waals surface area contributed by atoms with E-state index in [-0.39, 0.29) is 5.91 Å². The Labute approximate surface area is 107 Å². The van der Waals surface area contributed by atoms with Crippen molar-refractivity contribution in [2.75, 3.05) is 7.05 Å². The molecule has 5 nitrogen and oxygen atoms in total. The van der Waals surface area contributed by atoms with E-state index in [1.54, 1.807) is 6.20 Å². The molecule has 0 saturated carbocycles. The predicted octanol–water partition coefficient (Wildman–Crippen LogP) is 1.34. The predicted molar refractivity (Wildman–Crippen MR) is 66.3 cm³/mol. The van der Waals surface area contributed by atoms with Crippen molar-refractivity contribution in [3.8, 4) is 0 Å². The van der Waals surface area contributed by atoms with E-state index in [0.717, 1.165) is 18.4 Å². The molecule has 2 unspecified atom stereocenters. The summed E-state index contributed by atoms with van der Waals surface area (Å²) in [5.41, 5.74) is 0.809. The second kappa shape index (κ2) is 4.39. The van der Waals surface area contributed by atoms with Crippen LogP contribution in [0.3, 0.4) is 0 Å². The van der Waals surface area contributed by atoms with Crippen LogP contribution in [0.1, 0.15) is 41.8 Å². The molecule has 0 aromatic carbocycles. The Morgan fingerprint density at radius 2 is 2.11 bits per heavy atom. The number of hydrogen-bond acceptors (Lipinski definition) is 4. The first kappa shape index (κ1) is 11.7. The van der Waals surface area contributed by atoms with E-state index in [9.17, 15) is 4.79 Å². The molecule has 98 valence electrons. The second-order valence-corrected chi connectivity index (χ2v) is 5.52. The highest BCUT2D eigenvalue weighted by Crippen LogP contribution is 2.30. The first-order chi connectivity index (χ1) is 8.65. The summed E-state index contributed by atoms with van der Waals surface area (Å²) in [7, 11) is 1.87. The first-order valence-electron chi connectivity index (χ1n) is 6.59. The van der Waals surface area contributed by atoms with Crippen LogP contribution in [-0.4, -0.2) is 41.1 Å². The number of carbonyl (C=O) groups excluding carboxylic acids is 1. The maximum Gasteiger partial charge on any atom is 0.292 e. The molecule has 2 saturated heterocycles. The van der Waals surface area contributed by atoms with Gasteiger partial charge in [0.15, 0.2) is 0 Å². The highest BCUT2D eigenvalue weighted by molar-refractivity contribution is 5.92. The lowest BCUT2D eigenvalue weighted by atomic mass is 9.98. The second-order valence-electron chi connectivity index (χ2n) is 5.52. The fourth-order valence-corrected chi connectivity index (χ4v) is 3.17. The van der Waals surface area contributed by atoms with Gasteiger partial charge in [-0.05, 0) is 32.6 Å². The molecule has 1 amide bonds. The van der Waals surface area contributed by atoms with Gasteiger partial charge >= 0.3 is 0 Å². The zero-order valence-corrected chi connectivity index (χ0v) is 10.8. The SMILES string of the molecule is Cc1cnoc1C(=O)N(C)C1CC2CCC(C1)N2. The van der Waals surface area contributed by atoms with Crippen molar-refractivity contribution < 1.29 is 9.32 Å². The van der Waals surface area contributed by atoms with E-state index < -0.39 is 0 Å². The van der Waals surface area contributed by atoms with Crippen LogP contribution in [0.4, 0.5) is 0 Å². The number of nitrogens with one attached hydrogen (secondary N) is 1. The number of nitrogens with zero attached hydrogens (tertiary/aromatic N) is 2. The molecule has 0 aliphatic carbocycles. The number of fused-ring (bicyclic) bond motifs is 2. The van der Waals surface area contributed by atoms with Gasteiger partial charge in [0.1, 0.15) is 0 Å². The quantitative estimate of drug-likeness (QED) is 0.859. The van der Waals surface area contributed by atoms with Crippen molar-refractivity contribution in [3.05, 3.63) is 17.5 Å². The van der Waals surface area contributed by atoms with Gasteiger partial charge in [0.25, 0.3) is 5.91 Å². The number of amides is 1. The zero-order valence-electron chi connectivity index (χ0n) is 10.8. The maximum absolute atomic E-state index is 12.3. The maximum atomic E-state index is 12.3. The zero-order chi connectivity index (χ0) is 12.7. The van der Waals surface area contributed by atoms with Crippen molar-refractivity contribution in [2.24, 2.45) is 0 Å². The third-order valence-corrected chi connectivity index (χ3v) is 4.26. The fourth-order valence-electron chi connectivity index (χ4n) is 3.17. The number of aryl methyl sites for hydroxylation is 1. The van der Waals surface area contributed by atoms with Crippen LogP contribution in [-0.2, 0) is 0 Å². The third-order valence-electron chi connectivity index (χ3n) is 4.26. The van der Waals surface area contributed by atoms with Crippen LogP contribution in [0.5, 0.6) is 0 Å². The number of carbonyl (C=O) groups is 1. The Morgan fingerprint density at radius 1 is 1.44 bits per heavy atom. The molecule has 18 heavy (non-hydrogen) atoms. The van der Waals surface area contributed by atoms with Gasteiger partial charge in [-0.15, -0.1) is 0 Å². The summed E-state index contributed by atoms with van der Waals surface area (Å²) in [6.07, 6.45) is 6.17. The summed E-state index contributed by atoms with van der Waals surface area (Å²) in [4.78, 5) is 14.2. The molecule has 0 spiro atoms. The average Bonchev–Trinajstić information content (AvgIpc) is 2.93. The smallest absolute Gasteiger partial charge is 0.292 e. The van der Waals surface area contributed by atoms with Crippen molar-refractivity contribution in [2.45, 2.75) is 50.7 Å². The molecule has 3 heterocycles. The van der Waals surface area contributed by atoms with Gasteiger partial charge in [0.05, 0.1) is 6.20 Å². The molecule has 1 N–H and O–H groups in total. The van der Waals surface area contributed by atoms with E-state index in [1.165, 1.54) is 12.8 Å². The minimum Gasteiger partial charge on any atom is -0.351 e. The topological polar surface area (TPSA) is 58.4 Å². The monoisotopic (exact) mass is 249 g/mol. The normalized spacial score (nSPS) is 30.4. The molecular weight excluding hydrogens is 230 g/mol. The first-order valence-corrected chi connectivity index (χ1v) is 6.59. The number of rotatable bonds is 2. The van der Waals surface area contributed by atoms with Crippen LogP contribution >= 0.6 is 0 Å². The molecule has 5 heteroatoms. The van der Waals surface area contributed by atoms with Gasteiger partial charge in [-0.3, -0.25) is 4.79 Å². The third kappa shape index (κ3) is 1.92. The Hall–Kier alpha value is -1.36. The van der Waals surface area contributed by atoms with Crippen LogP contribution in [0.25, 0.3) is 0 Å². The minimum atomic E-state index is -0.0451. The summed E-state index contributed by atoms with van der Waals surface area (Å²) in [5.74, 6) is 0.333. The number of piperidine rings is 1. The lowest BCUT2D eigenvalue weighted by Crippen LogP contribution is -2.48. The fraction of sp³-hybridized carbons (Fsp3) is 0.692. The standard InChI is InChI=1S/C13H19N3O2/c1-8-7-14-18-12(8)13(17)16(2)11-5-9-3-4-10(6-11)15-9/h7,9-11,15H,3-6H2,1-2H3. The Bertz CT molecular complexity index is 445. The van der Waals surface area contributed by atoms with Crippen LogP contribution in [0.15, 0.2) is 10.7 Å². The highest BCUT2D eigenvalue weighted by Gasteiger charge is 2.37. The molecule has 1 aromatic rings. The minimum absolute atomic E-state index is 0.0451. The Balaban J connectivity index is 1.73. The molecule has 2 atom stereocenters. The van der Waals surface area contributed by atoms with Gasteiger partial charge in [-0.2, -0.15) is 0 Å². The van der Waals surface area contributed by atoms with Gasteiger partial charge < -0.3 is 14.7 Å². The highest BCUT2D eigenvalue weighted by atomic mass is 16.5. The summed E-state index contributed by atoms with van der Waals surface area (Å²) in [6, 6.07) is 1.49. The Morgan fingerprint density at radius 3 is 2.67 bits per heavy atom. The van der Waals surface area contributed by atoms with Crippen molar-refractivity contribution >= 4 is 5.91 Å². The van der Waals surface area contributed by atoms with E-state index in [0.29, 0.717) is 23.9 Å². The molecular formula is C13H19N3O2. The van der Waals surface area contributed by atoms with Crippen LogP contribution in [0.2, 0.25) is 0 Å². The number of hydrogen-bond donors (Lipinski definition) is 1. The van der Waals surface area contributed by atoms with Gasteiger partial charge in [-0.1, -0.05) is 5.16 Å². The van der Waals surface area contributed by atoms with Gasteiger partial charge in [0, 0.05) is 30.7 Å².